The van der Waals surface area contributed by atoms with Gasteiger partial charge in [0.1, 0.15) is 24.4 Å². The van der Waals surface area contributed by atoms with E-state index in [2.05, 4.69) is 0 Å². The monoisotopic (exact) mass is 268 g/mol. The van der Waals surface area contributed by atoms with E-state index < -0.39 is 37.3 Å². The van der Waals surface area contributed by atoms with Gasteiger partial charge < -0.3 is 39.7 Å². The molecule has 1 heterocycles. The molecule has 1 saturated heterocycles. The summed E-state index contributed by atoms with van der Waals surface area (Å²) in [6, 6.07) is 0. The maximum Gasteiger partial charge on any atom is 0.186 e. The number of hydrogen-bond donors (Lipinski definition) is 5. The molecule has 1 fully saturated rings. The summed E-state index contributed by atoms with van der Waals surface area (Å²) >= 11 is 0. The van der Waals surface area contributed by atoms with Crippen molar-refractivity contribution in [3.05, 3.63) is 0 Å². The number of ether oxygens (including phenoxy) is 3. The Morgan fingerprint density at radius 2 is 1.61 bits per heavy atom. The van der Waals surface area contributed by atoms with Gasteiger partial charge in [-0.05, 0) is 0 Å². The Bertz CT molecular complexity index is 224. The molecule has 0 amide bonds. The SMILES string of the molecule is OCCOCCO[C@@H]1O[C@H](CO)[C@H](O)[C@H](O)[C@H]1O. The third-order valence-electron chi connectivity index (χ3n) is 2.59. The summed E-state index contributed by atoms with van der Waals surface area (Å²) in [7, 11) is 0. The van der Waals surface area contributed by atoms with Crippen LogP contribution in [0.15, 0.2) is 0 Å². The van der Waals surface area contributed by atoms with Gasteiger partial charge in [0.25, 0.3) is 0 Å². The predicted molar refractivity (Wildman–Crippen MR) is 57.6 cm³/mol. The minimum atomic E-state index is -1.45. The number of aliphatic hydroxyl groups is 5. The maximum atomic E-state index is 9.60. The highest BCUT2D eigenvalue weighted by atomic mass is 16.7. The molecule has 8 nitrogen and oxygen atoms in total. The van der Waals surface area contributed by atoms with Crippen LogP contribution >= 0.6 is 0 Å². The molecule has 0 aromatic heterocycles. The fraction of sp³-hybridized carbons (Fsp3) is 1.00. The smallest absolute Gasteiger partial charge is 0.186 e. The van der Waals surface area contributed by atoms with Gasteiger partial charge in [-0.2, -0.15) is 0 Å². The Morgan fingerprint density at radius 3 is 2.22 bits per heavy atom. The first-order valence-electron chi connectivity index (χ1n) is 5.72. The minimum absolute atomic E-state index is 0.0860. The average Bonchev–Trinajstić information content (AvgIpc) is 2.38. The summed E-state index contributed by atoms with van der Waals surface area (Å²) in [4.78, 5) is 0. The third-order valence-corrected chi connectivity index (χ3v) is 2.59. The molecule has 1 rings (SSSR count). The van der Waals surface area contributed by atoms with Crippen molar-refractivity contribution in [2.75, 3.05) is 33.0 Å². The summed E-state index contributed by atoms with van der Waals surface area (Å²) in [5.74, 6) is 0. The Balaban J connectivity index is 2.35. The van der Waals surface area contributed by atoms with Crippen molar-refractivity contribution in [3.8, 4) is 0 Å². The van der Waals surface area contributed by atoms with Gasteiger partial charge in [0, 0.05) is 0 Å². The highest BCUT2D eigenvalue weighted by molar-refractivity contribution is 4.88. The first-order chi connectivity index (χ1) is 8.61. The molecule has 18 heavy (non-hydrogen) atoms. The first-order valence-corrected chi connectivity index (χ1v) is 5.72. The van der Waals surface area contributed by atoms with E-state index in [1.54, 1.807) is 0 Å². The lowest BCUT2D eigenvalue weighted by Crippen LogP contribution is -2.59. The molecule has 1 aliphatic rings. The second kappa shape index (κ2) is 7.97. The molecule has 108 valence electrons. The second-order valence-electron chi connectivity index (χ2n) is 3.90. The largest absolute Gasteiger partial charge is 0.394 e. The van der Waals surface area contributed by atoms with Crippen molar-refractivity contribution in [2.45, 2.75) is 30.7 Å². The lowest BCUT2D eigenvalue weighted by Gasteiger charge is -2.39. The van der Waals surface area contributed by atoms with Crippen LogP contribution < -0.4 is 0 Å². The Morgan fingerprint density at radius 1 is 0.889 bits per heavy atom. The van der Waals surface area contributed by atoms with E-state index in [1.165, 1.54) is 0 Å². The maximum absolute atomic E-state index is 9.60. The summed E-state index contributed by atoms with van der Waals surface area (Å²) in [6.07, 6.45) is -6.36. The van der Waals surface area contributed by atoms with Crippen molar-refractivity contribution < 1.29 is 39.7 Å². The zero-order valence-corrected chi connectivity index (χ0v) is 9.88. The van der Waals surface area contributed by atoms with Crippen LogP contribution in [0.5, 0.6) is 0 Å². The summed E-state index contributed by atoms with van der Waals surface area (Å²) in [5.41, 5.74) is 0. The Hall–Kier alpha value is -0.320. The van der Waals surface area contributed by atoms with Crippen LogP contribution in [0.3, 0.4) is 0 Å². The molecule has 0 radical (unpaired) electrons. The first kappa shape index (κ1) is 15.7. The van der Waals surface area contributed by atoms with Crippen LogP contribution in [0.4, 0.5) is 0 Å². The van der Waals surface area contributed by atoms with Gasteiger partial charge in [-0.3, -0.25) is 0 Å². The standard InChI is InChI=1S/C10H20O8/c11-1-2-16-3-4-17-10-9(15)8(14)7(13)6(5-12)18-10/h6-15H,1-5H2/t6-,7+,8+,9-,10-/m1/s1. The zero-order chi connectivity index (χ0) is 13.5. The van der Waals surface area contributed by atoms with Crippen LogP contribution in [0.2, 0.25) is 0 Å². The number of aliphatic hydroxyl groups excluding tert-OH is 5. The van der Waals surface area contributed by atoms with E-state index in [1.807, 2.05) is 0 Å². The van der Waals surface area contributed by atoms with Gasteiger partial charge in [-0.25, -0.2) is 0 Å². The van der Waals surface area contributed by atoms with E-state index >= 15 is 0 Å². The van der Waals surface area contributed by atoms with Crippen molar-refractivity contribution in [3.63, 3.8) is 0 Å². The molecule has 0 spiro atoms. The molecule has 0 unspecified atom stereocenters. The lowest BCUT2D eigenvalue weighted by atomic mass is 9.99. The zero-order valence-electron chi connectivity index (χ0n) is 9.88. The van der Waals surface area contributed by atoms with Crippen LogP contribution in [0.25, 0.3) is 0 Å². The average molecular weight is 268 g/mol. The fourth-order valence-corrected chi connectivity index (χ4v) is 1.59. The molecular weight excluding hydrogens is 248 g/mol. The minimum Gasteiger partial charge on any atom is -0.394 e. The molecule has 0 aromatic carbocycles. The second-order valence-corrected chi connectivity index (χ2v) is 3.90. The molecule has 0 bridgehead atoms. The summed E-state index contributed by atoms with van der Waals surface area (Å²) in [6.45, 7) is -0.137. The van der Waals surface area contributed by atoms with Crippen molar-refractivity contribution in [2.24, 2.45) is 0 Å². The van der Waals surface area contributed by atoms with Gasteiger partial charge >= 0.3 is 0 Å². The van der Waals surface area contributed by atoms with Crippen molar-refractivity contribution >= 4 is 0 Å². The summed E-state index contributed by atoms with van der Waals surface area (Å²) in [5, 5.41) is 46.0. The topological polar surface area (TPSA) is 129 Å². The highest BCUT2D eigenvalue weighted by Gasteiger charge is 2.43. The highest BCUT2D eigenvalue weighted by Crippen LogP contribution is 2.21. The van der Waals surface area contributed by atoms with E-state index in [9.17, 15) is 15.3 Å². The Labute approximate surface area is 104 Å². The number of rotatable bonds is 7. The van der Waals surface area contributed by atoms with Crippen LogP contribution in [0.1, 0.15) is 0 Å². The van der Waals surface area contributed by atoms with Crippen LogP contribution in [0, 0.1) is 0 Å². The quantitative estimate of drug-likeness (QED) is 0.306. The van der Waals surface area contributed by atoms with E-state index in [0.717, 1.165) is 0 Å². The van der Waals surface area contributed by atoms with Crippen LogP contribution in [-0.4, -0.2) is 89.3 Å². The van der Waals surface area contributed by atoms with Crippen molar-refractivity contribution in [1.29, 1.82) is 0 Å². The molecule has 0 aliphatic carbocycles. The van der Waals surface area contributed by atoms with Gasteiger partial charge in [0.05, 0.1) is 33.0 Å². The van der Waals surface area contributed by atoms with E-state index in [-0.39, 0.29) is 26.4 Å². The molecular formula is C10H20O8. The van der Waals surface area contributed by atoms with E-state index in [0.29, 0.717) is 0 Å². The van der Waals surface area contributed by atoms with Gasteiger partial charge in [-0.15, -0.1) is 0 Å². The third kappa shape index (κ3) is 4.11. The molecule has 1 aliphatic heterocycles. The van der Waals surface area contributed by atoms with Gasteiger partial charge in [0.15, 0.2) is 6.29 Å². The summed E-state index contributed by atoms with van der Waals surface area (Å²) < 4.78 is 15.2. The van der Waals surface area contributed by atoms with Gasteiger partial charge in [0.2, 0.25) is 0 Å². The van der Waals surface area contributed by atoms with Crippen LogP contribution in [-0.2, 0) is 14.2 Å². The van der Waals surface area contributed by atoms with Crippen molar-refractivity contribution in [1.82, 2.24) is 0 Å². The molecule has 0 saturated carbocycles. The molecule has 5 atom stereocenters. The van der Waals surface area contributed by atoms with Gasteiger partial charge in [-0.1, -0.05) is 0 Å². The lowest BCUT2D eigenvalue weighted by molar-refractivity contribution is -0.302. The number of hydrogen-bond acceptors (Lipinski definition) is 8. The molecule has 5 N–H and O–H groups in total. The molecule has 0 aromatic rings. The normalized spacial score (nSPS) is 36.8. The fourth-order valence-electron chi connectivity index (χ4n) is 1.59. The Kier molecular flexibility index (Phi) is 6.97. The predicted octanol–water partition coefficient (Wildman–Crippen LogP) is -3.19. The molecule has 8 heteroatoms. The van der Waals surface area contributed by atoms with E-state index in [4.69, 9.17) is 24.4 Å².